The summed E-state index contributed by atoms with van der Waals surface area (Å²) >= 11 is 0. The summed E-state index contributed by atoms with van der Waals surface area (Å²) in [5, 5.41) is 27.8. The lowest BCUT2D eigenvalue weighted by molar-refractivity contribution is -0.384. The van der Waals surface area contributed by atoms with Crippen LogP contribution in [0.2, 0.25) is 0 Å². The second-order valence-corrected chi connectivity index (χ2v) is 3.48. The van der Waals surface area contributed by atoms with Gasteiger partial charge >= 0.3 is 0 Å². The lowest BCUT2D eigenvalue weighted by Gasteiger charge is -2.03. The second kappa shape index (κ2) is 4.30. The SMILES string of the molecule is Cn1ncc(-c2ccc([N+](=O)[O-])cc2CO)n1. The smallest absolute Gasteiger partial charge is 0.269 e. The number of hydrogen-bond donors (Lipinski definition) is 1. The first kappa shape index (κ1) is 11.2. The maximum atomic E-state index is 10.6. The van der Waals surface area contributed by atoms with E-state index in [1.54, 1.807) is 19.3 Å². The summed E-state index contributed by atoms with van der Waals surface area (Å²) in [6, 6.07) is 4.28. The van der Waals surface area contributed by atoms with Crippen LogP contribution >= 0.6 is 0 Å². The Hall–Kier alpha value is -2.28. The maximum Gasteiger partial charge on any atom is 0.269 e. The average Bonchev–Trinajstić information content (AvgIpc) is 2.74. The van der Waals surface area contributed by atoms with Gasteiger partial charge in [0.1, 0.15) is 5.69 Å². The summed E-state index contributed by atoms with van der Waals surface area (Å²) in [4.78, 5) is 11.5. The Kier molecular flexibility index (Phi) is 2.84. The Labute approximate surface area is 96.5 Å². The third kappa shape index (κ3) is 2.13. The first-order chi connectivity index (χ1) is 8.11. The molecule has 2 aromatic rings. The Morgan fingerprint density at radius 2 is 2.29 bits per heavy atom. The number of nitro groups is 1. The number of nitrogens with zero attached hydrogens (tertiary/aromatic N) is 4. The molecule has 0 unspecified atom stereocenters. The van der Waals surface area contributed by atoms with Gasteiger partial charge in [0.15, 0.2) is 0 Å². The largest absolute Gasteiger partial charge is 0.392 e. The topological polar surface area (TPSA) is 94.1 Å². The molecule has 1 N–H and O–H groups in total. The molecule has 1 aromatic heterocycles. The van der Waals surface area contributed by atoms with Gasteiger partial charge in [-0.25, -0.2) is 0 Å². The average molecular weight is 234 g/mol. The monoisotopic (exact) mass is 234 g/mol. The van der Waals surface area contributed by atoms with Gasteiger partial charge in [0.2, 0.25) is 0 Å². The minimum absolute atomic E-state index is 0.0540. The van der Waals surface area contributed by atoms with Crippen LogP contribution in [0.15, 0.2) is 24.4 Å². The molecule has 0 saturated carbocycles. The fourth-order valence-electron chi connectivity index (χ4n) is 1.54. The van der Waals surface area contributed by atoms with Crippen LogP contribution < -0.4 is 0 Å². The molecule has 0 radical (unpaired) electrons. The molecule has 0 fully saturated rings. The van der Waals surface area contributed by atoms with Crippen molar-refractivity contribution in [1.29, 1.82) is 0 Å². The number of benzene rings is 1. The van der Waals surface area contributed by atoms with E-state index in [2.05, 4.69) is 10.2 Å². The molecule has 0 spiro atoms. The number of non-ortho nitro benzene ring substituents is 1. The van der Waals surface area contributed by atoms with Crippen molar-refractivity contribution in [1.82, 2.24) is 15.0 Å². The Morgan fingerprint density at radius 3 is 2.82 bits per heavy atom. The van der Waals surface area contributed by atoms with E-state index in [-0.39, 0.29) is 12.3 Å². The zero-order valence-corrected chi connectivity index (χ0v) is 9.07. The van der Waals surface area contributed by atoms with Gasteiger partial charge < -0.3 is 5.11 Å². The van der Waals surface area contributed by atoms with Crippen molar-refractivity contribution < 1.29 is 10.0 Å². The predicted octanol–water partition coefficient (Wildman–Crippen LogP) is 0.883. The van der Waals surface area contributed by atoms with Crippen LogP contribution in [0.3, 0.4) is 0 Å². The fourth-order valence-corrected chi connectivity index (χ4v) is 1.54. The molecule has 0 amide bonds. The van der Waals surface area contributed by atoms with Gasteiger partial charge in [-0.15, -0.1) is 0 Å². The number of aromatic nitrogens is 3. The summed E-state index contributed by atoms with van der Waals surface area (Å²) in [7, 11) is 1.67. The summed E-state index contributed by atoms with van der Waals surface area (Å²) in [6.45, 7) is -0.284. The van der Waals surface area contributed by atoms with E-state index in [1.165, 1.54) is 16.9 Å². The second-order valence-electron chi connectivity index (χ2n) is 3.48. The highest BCUT2D eigenvalue weighted by Gasteiger charge is 2.13. The van der Waals surface area contributed by atoms with Gasteiger partial charge in [-0.3, -0.25) is 10.1 Å². The highest BCUT2D eigenvalue weighted by molar-refractivity contribution is 5.64. The quantitative estimate of drug-likeness (QED) is 0.628. The first-order valence-electron chi connectivity index (χ1n) is 4.86. The number of aryl methyl sites for hydroxylation is 1. The summed E-state index contributed by atoms with van der Waals surface area (Å²) in [6.07, 6.45) is 1.54. The summed E-state index contributed by atoms with van der Waals surface area (Å²) in [5.74, 6) is 0. The minimum Gasteiger partial charge on any atom is -0.392 e. The van der Waals surface area contributed by atoms with Crippen LogP contribution in [0.5, 0.6) is 0 Å². The van der Waals surface area contributed by atoms with Gasteiger partial charge in [0.25, 0.3) is 5.69 Å². The van der Waals surface area contributed by atoms with E-state index in [1.807, 2.05) is 0 Å². The first-order valence-corrected chi connectivity index (χ1v) is 4.86. The molecule has 88 valence electrons. The van der Waals surface area contributed by atoms with E-state index < -0.39 is 4.92 Å². The highest BCUT2D eigenvalue weighted by Crippen LogP contribution is 2.25. The number of aliphatic hydroxyl groups is 1. The van der Waals surface area contributed by atoms with Gasteiger partial charge in [0, 0.05) is 24.7 Å². The standard InChI is InChI=1S/C10H10N4O3/c1-13-11-5-10(12-13)9-3-2-8(14(16)17)4-7(9)6-15/h2-5,15H,6H2,1H3. The molecule has 0 atom stereocenters. The molecule has 0 aliphatic rings. The molecule has 1 aromatic carbocycles. The number of hydrogen-bond acceptors (Lipinski definition) is 5. The number of rotatable bonds is 3. The lowest BCUT2D eigenvalue weighted by Crippen LogP contribution is -1.96. The Bertz CT molecular complexity index is 564. The van der Waals surface area contributed by atoms with Crippen molar-refractivity contribution in [3.05, 3.63) is 40.1 Å². The van der Waals surface area contributed by atoms with Crippen LogP contribution in [-0.2, 0) is 13.7 Å². The van der Waals surface area contributed by atoms with Gasteiger partial charge in [-0.1, -0.05) is 0 Å². The van der Waals surface area contributed by atoms with Crippen LogP contribution in [0.1, 0.15) is 5.56 Å². The van der Waals surface area contributed by atoms with Crippen molar-refractivity contribution in [2.24, 2.45) is 7.05 Å². The molecule has 0 aliphatic carbocycles. The number of aliphatic hydroxyl groups excluding tert-OH is 1. The molecular weight excluding hydrogens is 224 g/mol. The molecule has 1 heterocycles. The molecule has 2 rings (SSSR count). The molecule has 7 heteroatoms. The van der Waals surface area contributed by atoms with Crippen molar-refractivity contribution in [2.45, 2.75) is 6.61 Å². The third-order valence-electron chi connectivity index (χ3n) is 2.35. The van der Waals surface area contributed by atoms with E-state index in [0.717, 1.165) is 0 Å². The van der Waals surface area contributed by atoms with Crippen LogP contribution in [0, 0.1) is 10.1 Å². The summed E-state index contributed by atoms with van der Waals surface area (Å²) in [5.41, 5.74) is 1.62. The number of nitro benzene ring substituents is 1. The van der Waals surface area contributed by atoms with Crippen LogP contribution in [0.25, 0.3) is 11.3 Å². The van der Waals surface area contributed by atoms with E-state index in [4.69, 9.17) is 0 Å². The molecule has 0 bridgehead atoms. The zero-order valence-electron chi connectivity index (χ0n) is 9.07. The highest BCUT2D eigenvalue weighted by atomic mass is 16.6. The van der Waals surface area contributed by atoms with Crippen LogP contribution in [-0.4, -0.2) is 25.0 Å². The van der Waals surface area contributed by atoms with Crippen molar-refractivity contribution in [2.75, 3.05) is 0 Å². The summed E-state index contributed by atoms with van der Waals surface area (Å²) < 4.78 is 0. The van der Waals surface area contributed by atoms with Crippen LogP contribution in [0.4, 0.5) is 5.69 Å². The van der Waals surface area contributed by atoms with Crippen molar-refractivity contribution in [3.8, 4) is 11.3 Å². The van der Waals surface area contributed by atoms with Crippen molar-refractivity contribution >= 4 is 5.69 Å². The fraction of sp³-hybridized carbons (Fsp3) is 0.200. The Morgan fingerprint density at radius 1 is 1.53 bits per heavy atom. The van der Waals surface area contributed by atoms with E-state index >= 15 is 0 Å². The molecule has 17 heavy (non-hydrogen) atoms. The van der Waals surface area contributed by atoms with Gasteiger partial charge in [-0.2, -0.15) is 15.0 Å². The molecular formula is C10H10N4O3. The zero-order chi connectivity index (χ0) is 12.4. The normalized spacial score (nSPS) is 10.5. The molecule has 7 nitrogen and oxygen atoms in total. The van der Waals surface area contributed by atoms with Gasteiger partial charge in [0.05, 0.1) is 17.7 Å². The maximum absolute atomic E-state index is 10.6. The van der Waals surface area contributed by atoms with Gasteiger partial charge in [-0.05, 0) is 11.6 Å². The van der Waals surface area contributed by atoms with E-state index in [9.17, 15) is 15.2 Å². The molecule has 0 saturated heterocycles. The third-order valence-corrected chi connectivity index (χ3v) is 2.35. The lowest BCUT2D eigenvalue weighted by atomic mass is 10.0. The minimum atomic E-state index is -0.500. The molecule has 0 aliphatic heterocycles. The predicted molar refractivity (Wildman–Crippen MR) is 59.0 cm³/mol. The van der Waals surface area contributed by atoms with E-state index in [0.29, 0.717) is 16.8 Å². The Balaban J connectivity index is 2.51. The van der Waals surface area contributed by atoms with Crippen molar-refractivity contribution in [3.63, 3.8) is 0 Å².